The first-order valence-corrected chi connectivity index (χ1v) is 6.69. The molecule has 0 aliphatic carbocycles. The molecule has 0 bridgehead atoms. The molecule has 0 spiro atoms. The van der Waals surface area contributed by atoms with Gasteiger partial charge >= 0.3 is 0 Å². The maximum atomic E-state index is 9.81. The summed E-state index contributed by atoms with van der Waals surface area (Å²) in [5.41, 5.74) is 1.11. The van der Waals surface area contributed by atoms with Crippen LogP contribution < -0.4 is 14.8 Å². The highest BCUT2D eigenvalue weighted by Gasteiger charge is 2.09. The molecule has 0 aliphatic heterocycles. The Kier molecular flexibility index (Phi) is 6.67. The molecule has 1 atom stereocenters. The molecule has 2 N–H and O–H groups in total. The summed E-state index contributed by atoms with van der Waals surface area (Å²) in [5.74, 6) is 1.93. The summed E-state index contributed by atoms with van der Waals surface area (Å²) in [4.78, 5) is 0. The molecule has 1 rings (SSSR count). The first-order valence-electron chi connectivity index (χ1n) is 6.69. The number of hydrogen-bond donors (Lipinski definition) is 2. The van der Waals surface area contributed by atoms with Crippen LogP contribution in [0.2, 0.25) is 0 Å². The normalized spacial score (nSPS) is 12.5. The van der Waals surface area contributed by atoms with E-state index in [4.69, 9.17) is 9.47 Å². The summed E-state index contributed by atoms with van der Waals surface area (Å²) in [6.45, 7) is 7.94. The van der Waals surface area contributed by atoms with E-state index in [1.807, 2.05) is 25.1 Å². The molecule has 4 nitrogen and oxygen atoms in total. The van der Waals surface area contributed by atoms with Crippen LogP contribution in [-0.2, 0) is 0 Å². The van der Waals surface area contributed by atoms with E-state index in [1.54, 1.807) is 7.11 Å². The Morgan fingerprint density at radius 2 is 1.95 bits per heavy atom. The van der Waals surface area contributed by atoms with Gasteiger partial charge in [0.05, 0.1) is 7.11 Å². The van der Waals surface area contributed by atoms with Crippen LogP contribution in [0.1, 0.15) is 19.4 Å². The Labute approximate surface area is 115 Å². The van der Waals surface area contributed by atoms with Crippen LogP contribution in [0.15, 0.2) is 18.2 Å². The molecule has 0 fully saturated rings. The van der Waals surface area contributed by atoms with E-state index in [-0.39, 0.29) is 6.61 Å². The second-order valence-electron chi connectivity index (χ2n) is 5.17. The Hall–Kier alpha value is -1.26. The number of benzene rings is 1. The van der Waals surface area contributed by atoms with Gasteiger partial charge in [-0.2, -0.15) is 0 Å². The van der Waals surface area contributed by atoms with Crippen molar-refractivity contribution in [3.05, 3.63) is 23.8 Å². The minimum atomic E-state index is -0.523. The van der Waals surface area contributed by atoms with Gasteiger partial charge in [0.15, 0.2) is 11.5 Å². The average Bonchev–Trinajstić information content (AvgIpc) is 2.36. The van der Waals surface area contributed by atoms with E-state index < -0.39 is 6.10 Å². The molecule has 0 amide bonds. The van der Waals surface area contributed by atoms with Gasteiger partial charge in [0, 0.05) is 6.54 Å². The Morgan fingerprint density at radius 3 is 2.58 bits per heavy atom. The molecule has 0 radical (unpaired) electrons. The fourth-order valence-corrected chi connectivity index (χ4v) is 1.68. The quantitative estimate of drug-likeness (QED) is 0.756. The molecule has 0 aliphatic rings. The van der Waals surface area contributed by atoms with E-state index in [0.29, 0.717) is 24.0 Å². The van der Waals surface area contributed by atoms with Gasteiger partial charge in [0.25, 0.3) is 0 Å². The van der Waals surface area contributed by atoms with Crippen molar-refractivity contribution in [2.45, 2.75) is 26.9 Å². The van der Waals surface area contributed by atoms with Crippen molar-refractivity contribution < 1.29 is 14.6 Å². The van der Waals surface area contributed by atoms with Gasteiger partial charge in [-0.15, -0.1) is 0 Å². The van der Waals surface area contributed by atoms with Gasteiger partial charge in [0.2, 0.25) is 0 Å². The lowest BCUT2D eigenvalue weighted by molar-refractivity contribution is 0.104. The fraction of sp³-hybridized carbons (Fsp3) is 0.600. The summed E-state index contributed by atoms with van der Waals surface area (Å²) in [6.07, 6.45) is -0.523. The van der Waals surface area contributed by atoms with Crippen molar-refractivity contribution in [2.24, 2.45) is 5.92 Å². The van der Waals surface area contributed by atoms with Gasteiger partial charge < -0.3 is 19.9 Å². The molecule has 1 unspecified atom stereocenters. The zero-order chi connectivity index (χ0) is 14.3. The molecule has 0 saturated carbocycles. The smallest absolute Gasteiger partial charge is 0.161 e. The summed E-state index contributed by atoms with van der Waals surface area (Å²) >= 11 is 0. The third-order valence-electron chi connectivity index (χ3n) is 2.68. The van der Waals surface area contributed by atoms with E-state index in [9.17, 15) is 5.11 Å². The third-order valence-corrected chi connectivity index (χ3v) is 2.68. The number of hydrogen-bond acceptors (Lipinski definition) is 4. The molecule has 4 heteroatoms. The average molecular weight is 267 g/mol. The Morgan fingerprint density at radius 1 is 1.21 bits per heavy atom. The van der Waals surface area contributed by atoms with Gasteiger partial charge in [0.1, 0.15) is 12.7 Å². The van der Waals surface area contributed by atoms with Crippen LogP contribution in [-0.4, -0.2) is 38.0 Å². The second-order valence-corrected chi connectivity index (χ2v) is 5.17. The summed E-state index contributed by atoms with van der Waals surface area (Å²) in [6, 6.07) is 5.74. The van der Waals surface area contributed by atoms with E-state index in [0.717, 1.165) is 12.1 Å². The molecule has 19 heavy (non-hydrogen) atoms. The van der Waals surface area contributed by atoms with Crippen LogP contribution in [0.25, 0.3) is 0 Å². The molecule has 1 aromatic carbocycles. The number of methoxy groups -OCH3 is 1. The second kappa shape index (κ2) is 8.02. The number of ether oxygens (including phenoxy) is 2. The van der Waals surface area contributed by atoms with Crippen LogP contribution in [0, 0.1) is 12.8 Å². The summed E-state index contributed by atoms with van der Waals surface area (Å²) < 4.78 is 10.8. The number of aliphatic hydroxyl groups is 1. The highest BCUT2D eigenvalue weighted by molar-refractivity contribution is 5.42. The molecule has 0 aromatic heterocycles. The van der Waals surface area contributed by atoms with Crippen molar-refractivity contribution in [2.75, 3.05) is 26.8 Å². The number of rotatable bonds is 8. The van der Waals surface area contributed by atoms with Gasteiger partial charge in [-0.1, -0.05) is 19.9 Å². The van der Waals surface area contributed by atoms with Crippen LogP contribution in [0.4, 0.5) is 0 Å². The van der Waals surface area contributed by atoms with Crippen molar-refractivity contribution in [3.8, 4) is 11.5 Å². The van der Waals surface area contributed by atoms with E-state index in [2.05, 4.69) is 19.2 Å². The zero-order valence-corrected chi connectivity index (χ0v) is 12.3. The van der Waals surface area contributed by atoms with Crippen LogP contribution in [0.5, 0.6) is 11.5 Å². The van der Waals surface area contributed by atoms with E-state index >= 15 is 0 Å². The lowest BCUT2D eigenvalue weighted by Gasteiger charge is -2.16. The predicted octanol–water partition coefficient (Wildman–Crippen LogP) is 1.99. The van der Waals surface area contributed by atoms with Crippen LogP contribution in [0.3, 0.4) is 0 Å². The van der Waals surface area contributed by atoms with Gasteiger partial charge in [-0.3, -0.25) is 0 Å². The number of nitrogens with one attached hydrogen (secondary N) is 1. The van der Waals surface area contributed by atoms with Crippen molar-refractivity contribution in [1.29, 1.82) is 0 Å². The highest BCUT2D eigenvalue weighted by atomic mass is 16.5. The Balaban J connectivity index is 2.39. The van der Waals surface area contributed by atoms with E-state index in [1.165, 1.54) is 0 Å². The number of aryl methyl sites for hydroxylation is 1. The zero-order valence-electron chi connectivity index (χ0n) is 12.3. The third kappa shape index (κ3) is 5.94. The minimum absolute atomic E-state index is 0.254. The van der Waals surface area contributed by atoms with Gasteiger partial charge in [-0.05, 0) is 37.1 Å². The predicted molar refractivity (Wildman–Crippen MR) is 76.9 cm³/mol. The van der Waals surface area contributed by atoms with Crippen molar-refractivity contribution >= 4 is 0 Å². The maximum Gasteiger partial charge on any atom is 0.161 e. The molecule has 108 valence electrons. The van der Waals surface area contributed by atoms with Crippen LogP contribution >= 0.6 is 0 Å². The lowest BCUT2D eigenvalue weighted by Crippen LogP contribution is -2.33. The first kappa shape index (κ1) is 15.8. The van der Waals surface area contributed by atoms with Crippen molar-refractivity contribution in [3.63, 3.8) is 0 Å². The molecule has 1 aromatic rings. The SMILES string of the molecule is COc1cc(C)ccc1OCC(O)CNCC(C)C. The molecular formula is C15H25NO3. The first-order chi connectivity index (χ1) is 9.02. The van der Waals surface area contributed by atoms with Crippen molar-refractivity contribution in [1.82, 2.24) is 5.32 Å². The lowest BCUT2D eigenvalue weighted by atomic mass is 10.2. The highest BCUT2D eigenvalue weighted by Crippen LogP contribution is 2.27. The molecule has 0 saturated heterocycles. The minimum Gasteiger partial charge on any atom is -0.493 e. The fourth-order valence-electron chi connectivity index (χ4n) is 1.68. The topological polar surface area (TPSA) is 50.7 Å². The number of aliphatic hydroxyl groups excluding tert-OH is 1. The largest absolute Gasteiger partial charge is 0.493 e. The Bertz CT molecular complexity index is 380. The summed E-state index contributed by atoms with van der Waals surface area (Å²) in [7, 11) is 1.61. The van der Waals surface area contributed by atoms with Gasteiger partial charge in [-0.25, -0.2) is 0 Å². The standard InChI is InChI=1S/C15H25NO3/c1-11(2)8-16-9-13(17)10-19-14-6-5-12(3)7-15(14)18-4/h5-7,11,13,16-17H,8-10H2,1-4H3. The summed E-state index contributed by atoms with van der Waals surface area (Å²) in [5, 5.41) is 13.0. The monoisotopic (exact) mass is 267 g/mol. The molecular weight excluding hydrogens is 242 g/mol. The molecule has 0 heterocycles. The maximum absolute atomic E-state index is 9.81.